The maximum Gasteiger partial charge on any atom is 0.197 e. The highest BCUT2D eigenvalue weighted by Gasteiger charge is 2.25. The van der Waals surface area contributed by atoms with E-state index in [-0.39, 0.29) is 11.5 Å². The molecule has 0 spiro atoms. The number of hydrogen-bond acceptors (Lipinski definition) is 0. The van der Waals surface area contributed by atoms with Crippen molar-refractivity contribution in [1.82, 2.24) is 0 Å². The van der Waals surface area contributed by atoms with E-state index in [9.17, 15) is 17.6 Å². The fraction of sp³-hybridized carbons (Fsp3) is 0.500. The molecule has 1 fully saturated rings. The van der Waals surface area contributed by atoms with Gasteiger partial charge in [0.1, 0.15) is 0 Å². The lowest BCUT2D eigenvalue weighted by atomic mass is 9.84. The minimum Gasteiger partial charge on any atom is -0.204 e. The molecule has 0 aromatic heterocycles. The van der Waals surface area contributed by atoms with Crippen LogP contribution in [0.2, 0.25) is 0 Å². The Morgan fingerprint density at radius 1 is 0.812 bits per heavy atom. The van der Waals surface area contributed by atoms with Gasteiger partial charge in [0.05, 0.1) is 0 Å². The molecule has 4 heteroatoms. The van der Waals surface area contributed by atoms with Crippen molar-refractivity contribution in [2.75, 3.05) is 0 Å². The second-order valence-electron chi connectivity index (χ2n) is 4.22. The predicted molar refractivity (Wildman–Crippen MR) is 52.1 cm³/mol. The van der Waals surface area contributed by atoms with E-state index in [1.165, 1.54) is 0 Å². The van der Waals surface area contributed by atoms with Gasteiger partial charge in [-0.3, -0.25) is 0 Å². The van der Waals surface area contributed by atoms with Crippen molar-refractivity contribution < 1.29 is 17.6 Å². The summed E-state index contributed by atoms with van der Waals surface area (Å²) in [6.07, 6.45) is 4.32. The molecule has 1 saturated carbocycles. The first-order valence-electron chi connectivity index (χ1n) is 5.44. The summed E-state index contributed by atoms with van der Waals surface area (Å²) in [6.45, 7) is 0. The molecule has 1 aromatic carbocycles. The average Bonchev–Trinajstić information content (AvgIpc) is 2.32. The first kappa shape index (κ1) is 11.4. The molecule has 0 atom stereocenters. The lowest BCUT2D eigenvalue weighted by Crippen LogP contribution is -2.10. The van der Waals surface area contributed by atoms with E-state index in [1.807, 2.05) is 0 Å². The first-order valence-corrected chi connectivity index (χ1v) is 5.44. The van der Waals surface area contributed by atoms with Crippen LogP contribution in [0.4, 0.5) is 17.6 Å². The van der Waals surface area contributed by atoms with Crippen LogP contribution in [-0.2, 0) is 0 Å². The van der Waals surface area contributed by atoms with Gasteiger partial charge in [-0.2, -0.15) is 0 Å². The van der Waals surface area contributed by atoms with E-state index in [4.69, 9.17) is 0 Å². The molecule has 0 amide bonds. The summed E-state index contributed by atoms with van der Waals surface area (Å²) in [4.78, 5) is 0. The molecular weight excluding hydrogens is 220 g/mol. The van der Waals surface area contributed by atoms with Crippen LogP contribution in [0.3, 0.4) is 0 Å². The maximum absolute atomic E-state index is 13.4. The molecule has 16 heavy (non-hydrogen) atoms. The van der Waals surface area contributed by atoms with Crippen LogP contribution in [-0.4, -0.2) is 0 Å². The second kappa shape index (κ2) is 4.44. The largest absolute Gasteiger partial charge is 0.204 e. The fourth-order valence-corrected chi connectivity index (χ4v) is 2.30. The van der Waals surface area contributed by atoms with Crippen LogP contribution < -0.4 is 0 Å². The van der Waals surface area contributed by atoms with Gasteiger partial charge in [0.15, 0.2) is 23.3 Å². The monoisotopic (exact) mass is 232 g/mol. The number of rotatable bonds is 1. The lowest BCUT2D eigenvalue weighted by Gasteiger charge is -2.22. The molecule has 0 nitrogen and oxygen atoms in total. The van der Waals surface area contributed by atoms with Crippen LogP contribution in [0, 0.1) is 23.3 Å². The van der Waals surface area contributed by atoms with Crippen molar-refractivity contribution in [2.24, 2.45) is 0 Å². The van der Waals surface area contributed by atoms with Crippen molar-refractivity contribution in [3.05, 3.63) is 34.9 Å². The molecular formula is C12H12F4. The number of halogens is 4. The van der Waals surface area contributed by atoms with E-state index >= 15 is 0 Å². The fourth-order valence-electron chi connectivity index (χ4n) is 2.30. The van der Waals surface area contributed by atoms with E-state index in [2.05, 4.69) is 0 Å². The van der Waals surface area contributed by atoms with Gasteiger partial charge in [0.25, 0.3) is 0 Å². The highest BCUT2D eigenvalue weighted by molar-refractivity contribution is 5.25. The topological polar surface area (TPSA) is 0 Å². The Morgan fingerprint density at radius 3 is 2.06 bits per heavy atom. The van der Waals surface area contributed by atoms with Gasteiger partial charge in [0, 0.05) is 0 Å². The van der Waals surface area contributed by atoms with Crippen molar-refractivity contribution in [2.45, 2.75) is 38.0 Å². The number of benzene rings is 1. The SMILES string of the molecule is Fc1cc(C2CCCCC2)c(F)c(F)c1F. The smallest absolute Gasteiger partial charge is 0.197 e. The Kier molecular flexibility index (Phi) is 3.17. The zero-order valence-corrected chi connectivity index (χ0v) is 8.70. The van der Waals surface area contributed by atoms with E-state index < -0.39 is 23.3 Å². The molecule has 0 unspecified atom stereocenters. The molecule has 1 aliphatic carbocycles. The quantitative estimate of drug-likeness (QED) is 0.385. The van der Waals surface area contributed by atoms with Gasteiger partial charge in [-0.25, -0.2) is 17.6 Å². The van der Waals surface area contributed by atoms with Crippen LogP contribution >= 0.6 is 0 Å². The standard InChI is InChI=1S/C12H12F4/c13-9-6-8(7-4-2-1-3-5-7)10(14)12(16)11(9)15/h6-7H,1-5H2. The number of hydrogen-bond donors (Lipinski definition) is 0. The third-order valence-corrected chi connectivity index (χ3v) is 3.18. The van der Waals surface area contributed by atoms with Gasteiger partial charge in [0.2, 0.25) is 0 Å². The van der Waals surface area contributed by atoms with Crippen LogP contribution in [0.25, 0.3) is 0 Å². The van der Waals surface area contributed by atoms with Crippen molar-refractivity contribution >= 4 is 0 Å². The molecule has 0 aliphatic heterocycles. The predicted octanol–water partition coefficient (Wildman–Crippen LogP) is 4.29. The van der Waals surface area contributed by atoms with Crippen molar-refractivity contribution in [3.63, 3.8) is 0 Å². The molecule has 0 bridgehead atoms. The summed E-state index contributed by atoms with van der Waals surface area (Å²) in [5, 5.41) is 0. The zero-order valence-electron chi connectivity index (χ0n) is 8.70. The Hall–Kier alpha value is -1.06. The summed E-state index contributed by atoms with van der Waals surface area (Å²) in [5.41, 5.74) is -0.0175. The van der Waals surface area contributed by atoms with Gasteiger partial charge in [-0.15, -0.1) is 0 Å². The summed E-state index contributed by atoms with van der Waals surface area (Å²) in [7, 11) is 0. The summed E-state index contributed by atoms with van der Waals surface area (Å²) in [6, 6.07) is 0.795. The molecule has 1 aromatic rings. The van der Waals surface area contributed by atoms with Crippen molar-refractivity contribution in [3.8, 4) is 0 Å². The Morgan fingerprint density at radius 2 is 1.44 bits per heavy atom. The van der Waals surface area contributed by atoms with E-state index in [0.29, 0.717) is 12.8 Å². The van der Waals surface area contributed by atoms with Gasteiger partial charge >= 0.3 is 0 Å². The van der Waals surface area contributed by atoms with E-state index in [0.717, 1.165) is 25.3 Å². The second-order valence-corrected chi connectivity index (χ2v) is 4.22. The third-order valence-electron chi connectivity index (χ3n) is 3.18. The molecule has 0 N–H and O–H groups in total. The summed E-state index contributed by atoms with van der Waals surface area (Å²) >= 11 is 0. The average molecular weight is 232 g/mol. The van der Waals surface area contributed by atoms with E-state index in [1.54, 1.807) is 0 Å². The zero-order chi connectivity index (χ0) is 11.7. The maximum atomic E-state index is 13.4. The molecule has 1 aliphatic rings. The Balaban J connectivity index is 2.40. The summed E-state index contributed by atoms with van der Waals surface area (Å²) < 4.78 is 52.2. The lowest BCUT2D eigenvalue weighted by molar-refractivity contribution is 0.381. The van der Waals surface area contributed by atoms with Gasteiger partial charge in [-0.05, 0) is 30.4 Å². The highest BCUT2D eigenvalue weighted by Crippen LogP contribution is 2.35. The minimum absolute atomic E-state index is 0.0175. The molecule has 2 rings (SSSR count). The van der Waals surface area contributed by atoms with Gasteiger partial charge in [-0.1, -0.05) is 19.3 Å². The highest BCUT2D eigenvalue weighted by atomic mass is 19.2. The Labute approximate surface area is 91.3 Å². The molecule has 88 valence electrons. The van der Waals surface area contributed by atoms with Crippen molar-refractivity contribution in [1.29, 1.82) is 0 Å². The van der Waals surface area contributed by atoms with Crippen LogP contribution in [0.1, 0.15) is 43.6 Å². The molecule has 0 saturated heterocycles. The third kappa shape index (κ3) is 1.93. The normalized spacial score (nSPS) is 17.8. The summed E-state index contributed by atoms with van der Waals surface area (Å²) in [5.74, 6) is -6.14. The molecule has 0 radical (unpaired) electrons. The van der Waals surface area contributed by atoms with Gasteiger partial charge < -0.3 is 0 Å². The van der Waals surface area contributed by atoms with Crippen LogP contribution in [0.5, 0.6) is 0 Å². The Bertz CT molecular complexity index is 394. The molecule has 0 heterocycles. The van der Waals surface area contributed by atoms with Crippen LogP contribution in [0.15, 0.2) is 6.07 Å². The first-order chi connectivity index (χ1) is 7.61. The minimum atomic E-state index is -1.72.